The lowest BCUT2D eigenvalue weighted by atomic mass is 10.2. The smallest absolute Gasteiger partial charge is 0.283 e. The Bertz CT molecular complexity index is 1460. The molecule has 0 atom stereocenters. The maximum absolute atomic E-state index is 13.1. The van der Waals surface area contributed by atoms with Crippen LogP contribution in [0.4, 0.5) is 17.2 Å². The Kier molecular flexibility index (Phi) is 6.70. The number of rotatable bonds is 7. The summed E-state index contributed by atoms with van der Waals surface area (Å²) in [6.45, 7) is 1.73. The van der Waals surface area contributed by atoms with Crippen molar-refractivity contribution in [1.29, 1.82) is 0 Å². The highest BCUT2D eigenvalue weighted by Gasteiger charge is 2.40. The van der Waals surface area contributed by atoms with Crippen LogP contribution in [0.25, 0.3) is 0 Å². The lowest BCUT2D eigenvalue weighted by Gasteiger charge is -2.19. The summed E-state index contributed by atoms with van der Waals surface area (Å²) in [6.07, 6.45) is 1.46. The molecule has 180 valence electrons. The minimum Gasteiger partial charge on any atom is -0.494 e. The number of benzene rings is 2. The topological polar surface area (TPSA) is 118 Å². The van der Waals surface area contributed by atoms with Crippen LogP contribution >= 0.6 is 23.2 Å². The van der Waals surface area contributed by atoms with Crippen molar-refractivity contribution in [2.24, 2.45) is 0 Å². The molecule has 0 fully saturated rings. The van der Waals surface area contributed by atoms with E-state index in [2.05, 4.69) is 15.0 Å². The molecule has 2 amide bonds. The number of aromatic nitrogens is 1. The summed E-state index contributed by atoms with van der Waals surface area (Å²) < 4.78 is 32.8. The standard InChI is InChI=1S/C23H18Cl2N4O5S/c1-13-11-17(18(34-2)12-16(13)24)29-22(30)20(25)21(23(29)31)27-14-6-8-15(9-7-14)35(32,33)28-19-5-3-4-10-26-19/h3-12,27H,1-2H3,(H,26,28). The molecule has 2 heterocycles. The van der Waals surface area contributed by atoms with E-state index in [1.165, 1.54) is 49.7 Å². The van der Waals surface area contributed by atoms with E-state index in [1.54, 1.807) is 25.1 Å². The highest BCUT2D eigenvalue weighted by atomic mass is 35.5. The van der Waals surface area contributed by atoms with E-state index in [0.29, 0.717) is 16.3 Å². The van der Waals surface area contributed by atoms with E-state index in [-0.39, 0.29) is 32.9 Å². The van der Waals surface area contributed by atoms with Gasteiger partial charge in [-0.2, -0.15) is 0 Å². The number of anilines is 3. The van der Waals surface area contributed by atoms with E-state index in [9.17, 15) is 18.0 Å². The number of carbonyl (C=O) groups excluding carboxylic acids is 2. The average molecular weight is 533 g/mol. The number of hydrogen-bond acceptors (Lipinski definition) is 7. The van der Waals surface area contributed by atoms with Crippen LogP contribution in [-0.2, 0) is 19.6 Å². The van der Waals surface area contributed by atoms with Gasteiger partial charge in [-0.3, -0.25) is 14.3 Å². The molecule has 2 aromatic carbocycles. The number of carbonyl (C=O) groups is 2. The zero-order valence-corrected chi connectivity index (χ0v) is 20.7. The van der Waals surface area contributed by atoms with Crippen LogP contribution in [0.2, 0.25) is 5.02 Å². The number of ether oxygens (including phenoxy) is 1. The number of hydrogen-bond donors (Lipinski definition) is 2. The molecule has 0 bridgehead atoms. The number of halogens is 2. The highest BCUT2D eigenvalue weighted by molar-refractivity contribution is 7.92. The van der Waals surface area contributed by atoms with Gasteiger partial charge in [-0.25, -0.2) is 18.3 Å². The van der Waals surface area contributed by atoms with Gasteiger partial charge in [0.1, 0.15) is 22.3 Å². The van der Waals surface area contributed by atoms with Crippen molar-refractivity contribution in [1.82, 2.24) is 4.98 Å². The molecule has 2 N–H and O–H groups in total. The number of sulfonamides is 1. The van der Waals surface area contributed by atoms with E-state index in [0.717, 1.165) is 4.90 Å². The molecule has 1 aliphatic rings. The van der Waals surface area contributed by atoms with Gasteiger partial charge in [0, 0.05) is 23.0 Å². The second kappa shape index (κ2) is 9.57. The number of aryl methyl sites for hydroxylation is 1. The quantitative estimate of drug-likeness (QED) is 0.435. The van der Waals surface area contributed by atoms with Crippen molar-refractivity contribution < 1.29 is 22.7 Å². The Morgan fingerprint density at radius 2 is 1.71 bits per heavy atom. The summed E-state index contributed by atoms with van der Waals surface area (Å²) in [5.74, 6) is -1.04. The first kappa shape index (κ1) is 24.5. The minimum absolute atomic E-state index is 0.0226. The number of nitrogens with one attached hydrogen (secondary N) is 2. The summed E-state index contributed by atoms with van der Waals surface area (Å²) in [5, 5.41) is 2.89. The van der Waals surface area contributed by atoms with Crippen LogP contribution in [-0.4, -0.2) is 32.3 Å². The Balaban J connectivity index is 1.57. The Morgan fingerprint density at radius 1 is 1.00 bits per heavy atom. The van der Waals surface area contributed by atoms with Gasteiger partial charge < -0.3 is 10.1 Å². The molecule has 12 heteroatoms. The highest BCUT2D eigenvalue weighted by Crippen LogP contribution is 2.38. The fourth-order valence-corrected chi connectivity index (χ4v) is 4.67. The molecule has 3 aromatic rings. The van der Waals surface area contributed by atoms with Gasteiger partial charge in [-0.15, -0.1) is 0 Å². The lowest BCUT2D eigenvalue weighted by molar-refractivity contribution is -0.120. The average Bonchev–Trinajstić information content (AvgIpc) is 3.04. The lowest BCUT2D eigenvalue weighted by Crippen LogP contribution is -2.32. The van der Waals surface area contributed by atoms with E-state index >= 15 is 0 Å². The van der Waals surface area contributed by atoms with E-state index < -0.39 is 21.8 Å². The molecule has 4 rings (SSSR count). The Morgan fingerprint density at radius 3 is 2.34 bits per heavy atom. The first-order valence-electron chi connectivity index (χ1n) is 10.1. The van der Waals surface area contributed by atoms with Crippen LogP contribution in [0.3, 0.4) is 0 Å². The molecule has 0 spiro atoms. The van der Waals surface area contributed by atoms with Crippen molar-refractivity contribution >= 4 is 62.2 Å². The van der Waals surface area contributed by atoms with Crippen molar-refractivity contribution in [3.8, 4) is 5.75 Å². The van der Waals surface area contributed by atoms with E-state index in [1.807, 2.05) is 0 Å². The molecule has 0 aliphatic carbocycles. The summed E-state index contributed by atoms with van der Waals surface area (Å²) in [5.41, 5.74) is 1.02. The Hall–Kier alpha value is -3.60. The van der Waals surface area contributed by atoms with Gasteiger partial charge in [0.2, 0.25) is 0 Å². The molecule has 0 saturated heterocycles. The fourth-order valence-electron chi connectivity index (χ4n) is 3.30. The monoisotopic (exact) mass is 532 g/mol. The molecule has 0 unspecified atom stereocenters. The summed E-state index contributed by atoms with van der Waals surface area (Å²) in [4.78, 5) is 30.8. The second-order valence-electron chi connectivity index (χ2n) is 7.38. The first-order valence-corrected chi connectivity index (χ1v) is 12.3. The predicted octanol–water partition coefficient (Wildman–Crippen LogP) is 4.29. The van der Waals surface area contributed by atoms with Gasteiger partial charge in [0.25, 0.3) is 21.8 Å². The van der Waals surface area contributed by atoms with Gasteiger partial charge in [0.15, 0.2) is 0 Å². The SMILES string of the molecule is COc1cc(Cl)c(C)cc1N1C(=O)C(Cl)=C(Nc2ccc(S(=O)(=O)Nc3ccccn3)cc2)C1=O. The van der Waals surface area contributed by atoms with Crippen molar-refractivity contribution in [3.05, 3.63) is 82.1 Å². The van der Waals surface area contributed by atoms with Gasteiger partial charge in [0.05, 0.1) is 17.7 Å². The Labute approximate surface area is 211 Å². The summed E-state index contributed by atoms with van der Waals surface area (Å²) in [7, 11) is -2.49. The number of amides is 2. The maximum atomic E-state index is 13.1. The first-order chi connectivity index (χ1) is 16.6. The fraction of sp³-hybridized carbons (Fsp3) is 0.0870. The molecular formula is C23H18Cl2N4O5S. The van der Waals surface area contributed by atoms with Crippen LogP contribution < -0.4 is 19.7 Å². The number of pyridine rings is 1. The number of nitrogens with zero attached hydrogens (tertiary/aromatic N) is 2. The van der Waals surface area contributed by atoms with Gasteiger partial charge in [-0.1, -0.05) is 29.3 Å². The molecular weight excluding hydrogens is 515 g/mol. The van der Waals surface area contributed by atoms with Crippen LogP contribution in [0, 0.1) is 6.92 Å². The molecule has 0 radical (unpaired) electrons. The molecule has 35 heavy (non-hydrogen) atoms. The number of imide groups is 1. The minimum atomic E-state index is -3.88. The third kappa shape index (κ3) is 4.81. The van der Waals surface area contributed by atoms with Crippen molar-refractivity contribution in [3.63, 3.8) is 0 Å². The van der Waals surface area contributed by atoms with Gasteiger partial charge >= 0.3 is 0 Å². The van der Waals surface area contributed by atoms with Crippen LogP contribution in [0.15, 0.2) is 76.4 Å². The molecule has 9 nitrogen and oxygen atoms in total. The summed E-state index contributed by atoms with van der Waals surface area (Å²) >= 11 is 12.3. The second-order valence-corrected chi connectivity index (χ2v) is 9.85. The normalized spacial score (nSPS) is 13.9. The third-order valence-corrected chi connectivity index (χ3v) is 7.19. The van der Waals surface area contributed by atoms with Crippen LogP contribution in [0.1, 0.15) is 5.56 Å². The predicted molar refractivity (Wildman–Crippen MR) is 133 cm³/mol. The van der Waals surface area contributed by atoms with Crippen molar-refractivity contribution in [2.75, 3.05) is 22.0 Å². The zero-order valence-electron chi connectivity index (χ0n) is 18.4. The maximum Gasteiger partial charge on any atom is 0.283 e. The van der Waals surface area contributed by atoms with E-state index in [4.69, 9.17) is 27.9 Å². The largest absolute Gasteiger partial charge is 0.494 e. The molecule has 1 aliphatic heterocycles. The van der Waals surface area contributed by atoms with Crippen molar-refractivity contribution in [2.45, 2.75) is 11.8 Å². The molecule has 0 saturated carbocycles. The summed E-state index contributed by atoms with van der Waals surface area (Å²) in [6, 6.07) is 13.5. The number of methoxy groups -OCH3 is 1. The zero-order chi connectivity index (χ0) is 25.3. The van der Waals surface area contributed by atoms with Crippen LogP contribution in [0.5, 0.6) is 5.75 Å². The van der Waals surface area contributed by atoms with Gasteiger partial charge in [-0.05, 0) is 55.0 Å². The molecule has 1 aromatic heterocycles. The third-order valence-electron chi connectivity index (χ3n) is 5.07.